The van der Waals surface area contributed by atoms with Crippen molar-refractivity contribution in [1.82, 2.24) is 15.2 Å². The second kappa shape index (κ2) is 9.30. The maximum atomic E-state index is 12.0. The maximum Gasteiger partial charge on any atom is 0.274 e. The van der Waals surface area contributed by atoms with Crippen LogP contribution in [0.15, 0.2) is 35.3 Å². The number of nitrogens with one attached hydrogen (secondary N) is 2. The third-order valence-electron chi connectivity index (χ3n) is 2.85. The smallest absolute Gasteiger partial charge is 0.274 e. The Morgan fingerprint density at radius 3 is 2.64 bits per heavy atom. The van der Waals surface area contributed by atoms with Crippen molar-refractivity contribution in [1.29, 1.82) is 0 Å². The van der Waals surface area contributed by atoms with Gasteiger partial charge < -0.3 is 15.6 Å². The number of H-pyrrole nitrogens is 1. The van der Waals surface area contributed by atoms with Crippen LogP contribution in [0.25, 0.3) is 10.9 Å². The van der Waals surface area contributed by atoms with Gasteiger partial charge in [-0.1, -0.05) is 18.2 Å². The first-order chi connectivity index (χ1) is 9.56. The molecule has 1 aromatic carbocycles. The highest BCUT2D eigenvalue weighted by molar-refractivity contribution is 6.06. The molecule has 0 aliphatic carbocycles. The zero-order valence-corrected chi connectivity index (χ0v) is 14.1. The van der Waals surface area contributed by atoms with Crippen LogP contribution < -0.4 is 11.1 Å². The summed E-state index contributed by atoms with van der Waals surface area (Å²) in [5, 5.41) is 3.56. The van der Waals surface area contributed by atoms with Crippen LogP contribution in [0.1, 0.15) is 10.5 Å². The quantitative estimate of drug-likeness (QED) is 0.581. The number of amides is 1. The molecule has 0 atom stereocenters. The number of aromatic amines is 1. The number of hydrogen-bond acceptors (Lipinski definition) is 3. The third-order valence-corrected chi connectivity index (χ3v) is 2.85. The van der Waals surface area contributed by atoms with Crippen molar-refractivity contribution in [2.45, 2.75) is 0 Å². The lowest BCUT2D eigenvalue weighted by atomic mass is 10.2. The van der Waals surface area contributed by atoms with Crippen molar-refractivity contribution in [3.05, 3.63) is 36.0 Å². The van der Waals surface area contributed by atoms with Crippen molar-refractivity contribution < 1.29 is 4.79 Å². The highest BCUT2D eigenvalue weighted by atomic mass is 35.5. The summed E-state index contributed by atoms with van der Waals surface area (Å²) < 4.78 is 0. The van der Waals surface area contributed by atoms with Crippen molar-refractivity contribution in [2.75, 3.05) is 27.2 Å². The lowest BCUT2D eigenvalue weighted by Gasteiger charge is -2.07. The molecule has 6 nitrogen and oxygen atoms in total. The van der Waals surface area contributed by atoms with Crippen LogP contribution in [0.4, 0.5) is 0 Å². The minimum absolute atomic E-state index is 0. The molecule has 1 amide bonds. The molecule has 0 spiro atoms. The van der Waals surface area contributed by atoms with E-state index in [-0.39, 0.29) is 36.7 Å². The Balaban J connectivity index is 0.00000220. The zero-order valence-electron chi connectivity index (χ0n) is 12.5. The Labute approximate surface area is 142 Å². The van der Waals surface area contributed by atoms with Crippen LogP contribution in [-0.4, -0.2) is 48.9 Å². The van der Waals surface area contributed by atoms with Crippen LogP contribution in [0.5, 0.6) is 0 Å². The normalized spacial score (nSPS) is 11.0. The SMILES string of the molecule is CN(C)CCN=C(N)NC(=O)c1cc2ccccc2[nH]1.Cl.Cl. The molecule has 1 heterocycles. The number of aromatic nitrogens is 1. The Hall–Kier alpha value is -1.76. The second-order valence-electron chi connectivity index (χ2n) is 4.79. The number of likely N-dealkylation sites (N-methyl/N-ethyl adjacent to an activating group) is 1. The predicted octanol–water partition coefficient (Wildman–Crippen LogP) is 1.62. The summed E-state index contributed by atoms with van der Waals surface area (Å²) in [7, 11) is 3.91. The van der Waals surface area contributed by atoms with E-state index in [0.717, 1.165) is 17.4 Å². The molecule has 2 rings (SSSR count). The van der Waals surface area contributed by atoms with Gasteiger partial charge in [0.2, 0.25) is 0 Å². The number of halogens is 2. The van der Waals surface area contributed by atoms with Gasteiger partial charge in [-0.15, -0.1) is 24.8 Å². The number of rotatable bonds is 4. The van der Waals surface area contributed by atoms with Gasteiger partial charge in [-0.3, -0.25) is 15.1 Å². The van der Waals surface area contributed by atoms with Crippen LogP contribution >= 0.6 is 24.8 Å². The summed E-state index contributed by atoms with van der Waals surface area (Å²) in [5.41, 5.74) is 7.06. The van der Waals surface area contributed by atoms with Gasteiger partial charge in [0.1, 0.15) is 5.69 Å². The van der Waals surface area contributed by atoms with Gasteiger partial charge in [-0.2, -0.15) is 0 Å². The fraction of sp³-hybridized carbons (Fsp3) is 0.286. The number of carbonyl (C=O) groups excluding carboxylic acids is 1. The molecule has 2 aromatic rings. The van der Waals surface area contributed by atoms with Gasteiger partial charge in [0.15, 0.2) is 5.96 Å². The number of carbonyl (C=O) groups is 1. The van der Waals surface area contributed by atoms with Crippen LogP contribution in [0.3, 0.4) is 0 Å². The van der Waals surface area contributed by atoms with Crippen LogP contribution in [0, 0.1) is 0 Å². The largest absolute Gasteiger partial charge is 0.370 e. The van der Waals surface area contributed by atoms with Crippen molar-refractivity contribution in [3.8, 4) is 0 Å². The van der Waals surface area contributed by atoms with E-state index >= 15 is 0 Å². The number of fused-ring (bicyclic) bond motifs is 1. The van der Waals surface area contributed by atoms with E-state index in [1.807, 2.05) is 43.3 Å². The summed E-state index contributed by atoms with van der Waals surface area (Å²) in [6.07, 6.45) is 0. The molecule has 0 aliphatic rings. The summed E-state index contributed by atoms with van der Waals surface area (Å²) in [6, 6.07) is 9.49. The molecular formula is C14H21Cl2N5O. The molecule has 4 N–H and O–H groups in total. The summed E-state index contributed by atoms with van der Waals surface area (Å²) in [6.45, 7) is 1.33. The molecule has 0 radical (unpaired) electrons. The molecule has 0 unspecified atom stereocenters. The minimum atomic E-state index is -0.285. The Morgan fingerprint density at radius 1 is 1.32 bits per heavy atom. The monoisotopic (exact) mass is 345 g/mol. The average Bonchev–Trinajstić information content (AvgIpc) is 2.82. The average molecular weight is 346 g/mol. The van der Waals surface area contributed by atoms with Crippen molar-refractivity contribution >= 4 is 47.6 Å². The number of benzene rings is 1. The molecular weight excluding hydrogens is 325 g/mol. The van der Waals surface area contributed by atoms with Crippen molar-refractivity contribution in [2.24, 2.45) is 10.7 Å². The number of nitrogens with two attached hydrogens (primary N) is 1. The van der Waals surface area contributed by atoms with Gasteiger partial charge >= 0.3 is 0 Å². The van der Waals surface area contributed by atoms with Gasteiger partial charge in [0, 0.05) is 17.4 Å². The summed E-state index contributed by atoms with van der Waals surface area (Å²) in [4.78, 5) is 21.1. The van der Waals surface area contributed by atoms with E-state index in [9.17, 15) is 4.79 Å². The Kier molecular flexibility index (Phi) is 8.55. The van der Waals surface area contributed by atoms with Crippen molar-refractivity contribution in [3.63, 3.8) is 0 Å². The van der Waals surface area contributed by atoms with Crippen LogP contribution in [-0.2, 0) is 0 Å². The fourth-order valence-corrected chi connectivity index (χ4v) is 1.79. The lowest BCUT2D eigenvalue weighted by Crippen LogP contribution is -2.37. The number of nitrogens with zero attached hydrogens (tertiary/aromatic N) is 2. The lowest BCUT2D eigenvalue weighted by molar-refractivity contribution is 0.0972. The summed E-state index contributed by atoms with van der Waals surface area (Å²) >= 11 is 0. The van der Waals surface area contributed by atoms with E-state index < -0.39 is 0 Å². The maximum absolute atomic E-state index is 12.0. The highest BCUT2D eigenvalue weighted by Gasteiger charge is 2.09. The standard InChI is InChI=1S/C14H19N5O.2ClH/c1-19(2)8-7-16-14(15)18-13(20)12-9-10-5-3-4-6-11(10)17-12;;/h3-6,9,17H,7-8H2,1-2H3,(H3,15,16,18,20);2*1H. The first-order valence-electron chi connectivity index (χ1n) is 6.40. The minimum Gasteiger partial charge on any atom is -0.370 e. The number of para-hydroxylation sites is 1. The first-order valence-corrected chi connectivity index (χ1v) is 6.40. The van der Waals surface area contributed by atoms with E-state index in [0.29, 0.717) is 12.2 Å². The van der Waals surface area contributed by atoms with Crippen LogP contribution in [0.2, 0.25) is 0 Å². The Morgan fingerprint density at radius 2 is 2.00 bits per heavy atom. The number of aliphatic imine (C=N–C) groups is 1. The molecule has 22 heavy (non-hydrogen) atoms. The van der Waals surface area contributed by atoms with E-state index in [1.54, 1.807) is 6.07 Å². The molecule has 0 saturated carbocycles. The van der Waals surface area contributed by atoms with Gasteiger partial charge in [0.05, 0.1) is 6.54 Å². The zero-order chi connectivity index (χ0) is 14.5. The molecule has 1 aromatic heterocycles. The van der Waals surface area contributed by atoms with E-state index in [2.05, 4.69) is 15.3 Å². The predicted molar refractivity (Wildman–Crippen MR) is 95.3 cm³/mol. The fourth-order valence-electron chi connectivity index (χ4n) is 1.79. The topological polar surface area (TPSA) is 86.5 Å². The first kappa shape index (κ1) is 20.2. The molecule has 122 valence electrons. The molecule has 8 heteroatoms. The van der Waals surface area contributed by atoms with E-state index in [4.69, 9.17) is 5.73 Å². The molecule has 0 fully saturated rings. The number of guanidine groups is 1. The Bertz CT molecular complexity index is 606. The van der Waals surface area contributed by atoms with Gasteiger partial charge in [0.25, 0.3) is 5.91 Å². The number of hydrogen-bond donors (Lipinski definition) is 3. The molecule has 0 bridgehead atoms. The highest BCUT2D eigenvalue weighted by Crippen LogP contribution is 2.14. The van der Waals surface area contributed by atoms with E-state index in [1.165, 1.54) is 0 Å². The summed E-state index contributed by atoms with van der Waals surface area (Å²) in [5.74, 6) is -0.150. The molecule has 0 aliphatic heterocycles. The van der Waals surface area contributed by atoms with Gasteiger partial charge in [-0.05, 0) is 26.2 Å². The molecule has 0 saturated heterocycles. The van der Waals surface area contributed by atoms with Gasteiger partial charge in [-0.25, -0.2) is 0 Å². The second-order valence-corrected chi connectivity index (χ2v) is 4.79. The third kappa shape index (κ3) is 5.55.